The molecule has 5 unspecified atom stereocenters. The number of hydrogen-bond acceptors (Lipinski definition) is 27. The molecule has 0 aromatic heterocycles. The molecule has 0 aromatic rings. The van der Waals surface area contributed by atoms with Crippen molar-refractivity contribution in [2.75, 3.05) is 26.4 Å². The Morgan fingerprint density at radius 3 is 1.50 bits per heavy atom. The molecule has 0 spiro atoms. The zero-order valence-corrected chi connectivity index (χ0v) is 37.4. The van der Waals surface area contributed by atoms with Crippen molar-refractivity contribution in [3.63, 3.8) is 0 Å². The maximum absolute atomic E-state index is 12.5. The summed E-state index contributed by atoms with van der Waals surface area (Å²) in [6.45, 7) is 0.416. The molecule has 394 valence electrons. The van der Waals surface area contributed by atoms with E-state index in [1.807, 2.05) is 0 Å². The first-order valence-electron chi connectivity index (χ1n) is 21.1. The summed E-state index contributed by atoms with van der Waals surface area (Å²) in [4.78, 5) is 36.8. The zero-order chi connectivity index (χ0) is 50.7. The van der Waals surface area contributed by atoms with E-state index in [2.05, 4.69) is 20.1 Å². The molecule has 0 aromatic carbocycles. The van der Waals surface area contributed by atoms with Gasteiger partial charge in [0, 0.05) is 20.8 Å². The summed E-state index contributed by atoms with van der Waals surface area (Å²) in [5.41, 5.74) is 0. The van der Waals surface area contributed by atoms with E-state index in [4.69, 9.17) is 47.2 Å². The van der Waals surface area contributed by atoms with Gasteiger partial charge in [0.05, 0.1) is 32.5 Å². The van der Waals surface area contributed by atoms with Gasteiger partial charge < -0.3 is 120 Å². The average molecular weight is 1020 g/mol. The molecule has 31 nitrogen and oxygen atoms in total. The Balaban J connectivity index is 1.51. The Morgan fingerprint density at radius 2 is 0.941 bits per heavy atom. The van der Waals surface area contributed by atoms with Gasteiger partial charge in [0.25, 0.3) is 0 Å². The van der Waals surface area contributed by atoms with Crippen LogP contribution in [-0.2, 0) is 71.6 Å². The molecule has 5 saturated heterocycles. The van der Waals surface area contributed by atoms with Crippen LogP contribution in [0.25, 0.3) is 0 Å². The van der Waals surface area contributed by atoms with E-state index in [-0.39, 0.29) is 0 Å². The Bertz CT molecular complexity index is 1790. The first-order valence-corrected chi connectivity index (χ1v) is 22.5. The van der Waals surface area contributed by atoms with Gasteiger partial charge in [-0.1, -0.05) is 0 Å². The highest BCUT2D eigenvalue weighted by Crippen LogP contribution is 2.36. The number of amides is 3. The molecule has 0 radical (unpaired) electrons. The van der Waals surface area contributed by atoms with Crippen molar-refractivity contribution in [1.29, 1.82) is 0 Å². The Labute approximate surface area is 386 Å². The molecule has 25 atom stereocenters. The highest BCUT2D eigenvalue weighted by Gasteiger charge is 2.57. The minimum absolute atomic E-state index is 0.783. The molecule has 0 bridgehead atoms. The van der Waals surface area contributed by atoms with Crippen LogP contribution in [0.15, 0.2) is 0 Å². The van der Waals surface area contributed by atoms with Gasteiger partial charge in [-0.2, -0.15) is 8.42 Å². The van der Waals surface area contributed by atoms with Gasteiger partial charge in [0.2, 0.25) is 17.7 Å². The van der Waals surface area contributed by atoms with Crippen molar-refractivity contribution in [3.05, 3.63) is 0 Å². The summed E-state index contributed by atoms with van der Waals surface area (Å²) < 4.78 is 88.3. The minimum atomic E-state index is -5.10. The van der Waals surface area contributed by atoms with Crippen molar-refractivity contribution in [2.24, 2.45) is 0 Å². The normalized spacial score (nSPS) is 45.8. The highest BCUT2D eigenvalue weighted by molar-refractivity contribution is 7.80. The molecule has 5 fully saturated rings. The van der Waals surface area contributed by atoms with Crippen LogP contribution in [0.3, 0.4) is 0 Å². The molecule has 32 heteroatoms. The third-order valence-corrected chi connectivity index (χ3v) is 12.1. The largest absolute Gasteiger partial charge is 0.397 e. The molecule has 3 amide bonds. The van der Waals surface area contributed by atoms with Crippen LogP contribution in [0.4, 0.5) is 0 Å². The standard InChI is InChI=1S/C36H61N3O28S/c1-9-20(45)27(52)28(53)35(60-9)67-31-30(66-34-18(38-11(3)43)26(51)21(46)13(5-40)62-34)23(48)14(6-41)63-36(31)65-29-19(39-12(4)44)32(54)61-15(24(29)49)7-58-33-17(37-10(2)42)25(50)22(47)16(64-33)8-59-68(55,56)57/h9,13-36,40-41,45-54H,5-8H2,1-4H3,(H,37,42)(H,38,43)(H,39,44)(H,55,56,57)/t9-,13+,14+,15+,16+,17+,18+,19+,20+,21-,22+,23-,24-,25+,26+,27+,28-,29+,30-,31+,32?,33?,34?,35?,36?/m0/s1. The number of carbonyl (C=O) groups is 3. The van der Waals surface area contributed by atoms with Crippen LogP contribution in [0.1, 0.15) is 27.7 Å². The predicted octanol–water partition coefficient (Wildman–Crippen LogP) is -10.6. The van der Waals surface area contributed by atoms with Crippen molar-refractivity contribution in [3.8, 4) is 0 Å². The van der Waals surface area contributed by atoms with Crippen LogP contribution in [0, 0.1) is 0 Å². The molecule has 0 saturated carbocycles. The van der Waals surface area contributed by atoms with Crippen molar-refractivity contribution >= 4 is 28.1 Å². The Hall–Kier alpha value is -2.56. The molecular formula is C36H61N3O28S. The maximum Gasteiger partial charge on any atom is 0.397 e. The van der Waals surface area contributed by atoms with E-state index in [0.717, 1.165) is 20.8 Å². The second-order valence-electron chi connectivity index (χ2n) is 16.7. The number of aliphatic hydroxyl groups excluding tert-OH is 12. The SMILES string of the molecule is CC(=O)N[C@H]1C(O[C@H]2[C@@H](O)[C@@H](CO)OC(O[C@H]3[C@@H](O)[C@@H](COC4O[C@H](COS(=O)(=O)O)[C@@H](O)[C@H](O)[C@H]4NC(C)=O)OC(O)[C@@H]3NC(C)=O)[C@@H]2OC2O[C@@H](C)[C@@H](O)[C@@H](O)[C@@H]2O)O[C@H](CO)[C@H](O)[C@@H]1O. The fourth-order valence-electron chi connectivity index (χ4n) is 8.19. The molecule has 5 heterocycles. The van der Waals surface area contributed by atoms with Crippen molar-refractivity contribution < 1.29 is 135 Å². The van der Waals surface area contributed by atoms with Crippen LogP contribution < -0.4 is 16.0 Å². The maximum atomic E-state index is 12.5. The smallest absolute Gasteiger partial charge is 0.394 e. The molecular weight excluding hydrogens is 954 g/mol. The summed E-state index contributed by atoms with van der Waals surface area (Å²) >= 11 is 0. The lowest BCUT2D eigenvalue weighted by Crippen LogP contribution is -2.70. The summed E-state index contributed by atoms with van der Waals surface area (Å²) in [6.07, 6.45) is -41.5. The van der Waals surface area contributed by atoms with Crippen LogP contribution in [0.2, 0.25) is 0 Å². The molecule has 16 N–H and O–H groups in total. The molecule has 0 aliphatic carbocycles. The first-order chi connectivity index (χ1) is 31.8. The van der Waals surface area contributed by atoms with E-state index < -0.39 is 208 Å². The summed E-state index contributed by atoms with van der Waals surface area (Å²) in [5.74, 6) is -2.41. The third kappa shape index (κ3) is 13.3. The summed E-state index contributed by atoms with van der Waals surface area (Å²) in [6, 6.07) is -5.04. The molecule has 5 aliphatic rings. The number of rotatable bonds is 17. The number of hydrogen-bond donors (Lipinski definition) is 16. The Kier molecular flexibility index (Phi) is 19.7. The fourth-order valence-corrected chi connectivity index (χ4v) is 8.50. The van der Waals surface area contributed by atoms with Gasteiger partial charge in [-0.25, -0.2) is 4.18 Å². The van der Waals surface area contributed by atoms with Crippen LogP contribution in [0.5, 0.6) is 0 Å². The number of carbonyl (C=O) groups excluding carboxylic acids is 3. The highest BCUT2D eigenvalue weighted by atomic mass is 32.3. The van der Waals surface area contributed by atoms with Crippen LogP contribution >= 0.6 is 0 Å². The van der Waals surface area contributed by atoms with E-state index in [0.29, 0.717) is 0 Å². The van der Waals surface area contributed by atoms with Gasteiger partial charge in [0.1, 0.15) is 116 Å². The van der Waals surface area contributed by atoms with Gasteiger partial charge in [-0.3, -0.25) is 18.9 Å². The van der Waals surface area contributed by atoms with Gasteiger partial charge in [-0.15, -0.1) is 0 Å². The lowest BCUT2D eigenvalue weighted by Gasteiger charge is -2.51. The second kappa shape index (κ2) is 23.8. The van der Waals surface area contributed by atoms with E-state index in [1.54, 1.807) is 0 Å². The van der Waals surface area contributed by atoms with E-state index >= 15 is 0 Å². The third-order valence-electron chi connectivity index (χ3n) is 11.7. The van der Waals surface area contributed by atoms with Crippen LogP contribution in [-0.4, -0.2) is 272 Å². The van der Waals surface area contributed by atoms with Crippen molar-refractivity contribution in [2.45, 2.75) is 181 Å². The lowest BCUT2D eigenvalue weighted by atomic mass is 9.94. The van der Waals surface area contributed by atoms with Crippen molar-refractivity contribution in [1.82, 2.24) is 16.0 Å². The van der Waals surface area contributed by atoms with E-state index in [9.17, 15) is 84.1 Å². The minimum Gasteiger partial charge on any atom is -0.394 e. The monoisotopic (exact) mass is 1020 g/mol. The number of aliphatic hydroxyl groups is 12. The average Bonchev–Trinajstić information content (AvgIpc) is 3.26. The summed E-state index contributed by atoms with van der Waals surface area (Å²) in [7, 11) is -5.10. The fraction of sp³-hybridized carbons (Fsp3) is 0.917. The van der Waals surface area contributed by atoms with E-state index in [1.165, 1.54) is 6.92 Å². The molecule has 5 aliphatic heterocycles. The quantitative estimate of drug-likeness (QED) is 0.0602. The number of nitrogens with one attached hydrogen (secondary N) is 3. The zero-order valence-electron chi connectivity index (χ0n) is 36.6. The molecule has 68 heavy (non-hydrogen) atoms. The van der Waals surface area contributed by atoms with Gasteiger partial charge in [-0.05, 0) is 6.92 Å². The summed E-state index contributed by atoms with van der Waals surface area (Å²) in [5, 5.41) is 137. The number of ether oxygens (including phenoxy) is 9. The Morgan fingerprint density at radius 1 is 0.485 bits per heavy atom. The van der Waals surface area contributed by atoms with Gasteiger partial charge >= 0.3 is 10.4 Å². The lowest BCUT2D eigenvalue weighted by molar-refractivity contribution is -0.397. The topological polar surface area (TPSA) is 477 Å². The molecule has 5 rings (SSSR count). The van der Waals surface area contributed by atoms with Gasteiger partial charge in [0.15, 0.2) is 31.5 Å². The second-order valence-corrected chi connectivity index (χ2v) is 17.8. The predicted molar refractivity (Wildman–Crippen MR) is 210 cm³/mol. The first kappa shape index (κ1) is 56.4.